The van der Waals surface area contributed by atoms with Gasteiger partial charge in [-0.1, -0.05) is 50.3 Å². The van der Waals surface area contributed by atoms with Crippen LogP contribution < -0.4 is 15.4 Å². The van der Waals surface area contributed by atoms with E-state index in [9.17, 15) is 28.8 Å². The summed E-state index contributed by atoms with van der Waals surface area (Å²) < 4.78 is 34.8. The minimum absolute atomic E-state index is 0.267. The van der Waals surface area contributed by atoms with Gasteiger partial charge in [0.1, 0.15) is 30.1 Å². The number of ether oxygens (including phenoxy) is 6. The number of nitrogens with one attached hydrogen (secondary N) is 2. The van der Waals surface area contributed by atoms with Crippen molar-refractivity contribution in [1.82, 2.24) is 15.5 Å². The second-order valence-electron chi connectivity index (χ2n) is 17.2. The summed E-state index contributed by atoms with van der Waals surface area (Å²) in [5.74, 6) is -2.63. The van der Waals surface area contributed by atoms with Crippen LogP contribution in [0.5, 0.6) is 5.75 Å². The van der Waals surface area contributed by atoms with Crippen molar-refractivity contribution in [3.05, 3.63) is 70.3 Å². The van der Waals surface area contributed by atoms with Gasteiger partial charge >= 0.3 is 23.9 Å². The molecule has 0 bridgehead atoms. The highest BCUT2D eigenvalue weighted by atomic mass is 16.7. The molecular weight excluding hydrogens is 787 g/mol. The molecule has 0 unspecified atom stereocenters. The van der Waals surface area contributed by atoms with Gasteiger partial charge in [-0.25, -0.2) is 0 Å². The molecule has 2 aromatic carbocycles. The van der Waals surface area contributed by atoms with E-state index in [-0.39, 0.29) is 24.3 Å². The van der Waals surface area contributed by atoms with Crippen LogP contribution in [0.2, 0.25) is 0 Å². The van der Waals surface area contributed by atoms with Crippen molar-refractivity contribution >= 4 is 41.8 Å². The molecule has 2 N–H and O–H groups in total. The predicted octanol–water partition coefficient (Wildman–Crippen LogP) is 4.89. The van der Waals surface area contributed by atoms with Gasteiger partial charge in [0.05, 0.1) is 12.5 Å². The number of methoxy groups -OCH3 is 1. The van der Waals surface area contributed by atoms with Crippen LogP contribution >= 0.6 is 0 Å². The van der Waals surface area contributed by atoms with Crippen LogP contribution in [0.1, 0.15) is 103 Å². The fraction of sp³-hybridized carbons (Fsp3) is 0.565. The lowest BCUT2D eigenvalue weighted by atomic mass is 9.86. The highest BCUT2D eigenvalue weighted by Gasteiger charge is 2.53. The summed E-state index contributed by atoms with van der Waals surface area (Å²) >= 11 is 0. The molecule has 0 aromatic heterocycles. The molecule has 1 aliphatic heterocycles. The normalized spacial score (nSPS) is 19.3. The molecule has 0 radical (unpaired) electrons. The summed E-state index contributed by atoms with van der Waals surface area (Å²) in [5.41, 5.74) is 2.19. The number of carbonyl (C=O) groups is 6. The molecule has 3 rings (SSSR count). The monoisotopic (exact) mass is 851 g/mol. The first-order chi connectivity index (χ1) is 28.4. The number of esters is 4. The van der Waals surface area contributed by atoms with Crippen molar-refractivity contribution in [3.8, 4) is 5.75 Å². The first-order valence-electron chi connectivity index (χ1n) is 20.5. The quantitative estimate of drug-likeness (QED) is 0.144. The molecule has 336 valence electrons. The van der Waals surface area contributed by atoms with Crippen LogP contribution in [0.15, 0.2) is 42.5 Å². The summed E-state index contributed by atoms with van der Waals surface area (Å²) in [6.45, 7) is 16.7. The van der Waals surface area contributed by atoms with Gasteiger partial charge in [0.25, 0.3) is 0 Å². The van der Waals surface area contributed by atoms with Gasteiger partial charge in [-0.15, -0.1) is 0 Å². The summed E-state index contributed by atoms with van der Waals surface area (Å²) in [7, 11) is 5.34. The van der Waals surface area contributed by atoms with Crippen molar-refractivity contribution in [2.45, 2.75) is 118 Å². The van der Waals surface area contributed by atoms with Crippen LogP contribution in [0.3, 0.4) is 0 Å². The van der Waals surface area contributed by atoms with Crippen LogP contribution in [0.25, 0.3) is 6.08 Å². The van der Waals surface area contributed by atoms with E-state index in [0.717, 1.165) is 22.3 Å². The van der Waals surface area contributed by atoms with Crippen molar-refractivity contribution in [2.24, 2.45) is 11.3 Å². The first-order valence-corrected chi connectivity index (χ1v) is 20.5. The molecule has 1 fully saturated rings. The summed E-state index contributed by atoms with van der Waals surface area (Å²) in [5, 5.41) is 5.76. The van der Waals surface area contributed by atoms with Gasteiger partial charge in [-0.3, -0.25) is 28.8 Å². The number of carbonyl (C=O) groups excluding carboxylic acids is 6. The van der Waals surface area contributed by atoms with Crippen LogP contribution in [0.4, 0.5) is 0 Å². The maximum Gasteiger partial charge on any atom is 0.303 e. The van der Waals surface area contributed by atoms with Crippen LogP contribution in [-0.2, 0) is 65.3 Å². The average Bonchev–Trinajstić information content (AvgIpc) is 3.14. The number of benzene rings is 2. The molecule has 1 aliphatic rings. The molecule has 0 aliphatic carbocycles. The third-order valence-electron chi connectivity index (χ3n) is 9.97. The standard InChI is InChI=1S/C46H65N3O12/c1-27(2)22-34-25-37(56-13)36(39-41(59-30(5)52)42(60-31(6)53)40(58-29(4)51)38(61-39)26-57-28(3)50)24-35(34)23-33-16-14-32(15-17-33)18-19-45(7,8)43(54)48-46(9,10)44(55)47-20-21-49(11)12/h14-19,24-25,27,38-42H,20-23,26H2,1-13H3,(H,47,55)(H,48,54)/b19-18+/t38-,39+,40-,41+,42+/m1/s1. The Morgan fingerprint density at radius 1 is 0.803 bits per heavy atom. The fourth-order valence-electron chi connectivity index (χ4n) is 6.82. The fourth-order valence-corrected chi connectivity index (χ4v) is 6.82. The number of amides is 2. The SMILES string of the molecule is COc1cc(CC(C)C)c(Cc2ccc(/C=C/C(C)(C)C(=O)NC(C)(C)C(=O)NCCN(C)C)cc2)cc1[C@@H]1O[C@H](COC(C)=O)[C@@H](OC(C)=O)[C@H](OC(C)=O)[C@H]1OC(C)=O. The number of rotatable bonds is 19. The van der Waals surface area contributed by atoms with E-state index in [1.165, 1.54) is 34.8 Å². The second-order valence-corrected chi connectivity index (χ2v) is 17.2. The average molecular weight is 852 g/mol. The topological polar surface area (TPSA) is 185 Å². The van der Waals surface area contributed by atoms with E-state index in [2.05, 4.69) is 24.5 Å². The minimum atomic E-state index is -1.34. The third-order valence-corrected chi connectivity index (χ3v) is 9.97. The molecule has 1 saturated heterocycles. The zero-order valence-corrected chi connectivity index (χ0v) is 38.0. The summed E-state index contributed by atoms with van der Waals surface area (Å²) in [6.07, 6.45) is -1.33. The number of nitrogens with zero attached hydrogens (tertiary/aromatic N) is 1. The Hall–Kier alpha value is -5.28. The molecule has 1 heterocycles. The van der Waals surface area contributed by atoms with Gasteiger partial charge in [0.2, 0.25) is 11.8 Å². The Balaban J connectivity index is 2.00. The molecule has 5 atom stereocenters. The lowest BCUT2D eigenvalue weighted by Gasteiger charge is -2.45. The minimum Gasteiger partial charge on any atom is -0.496 e. The summed E-state index contributed by atoms with van der Waals surface area (Å²) in [4.78, 5) is 77.5. The Kier molecular flexibility index (Phi) is 18.1. The molecule has 15 nitrogen and oxygen atoms in total. The zero-order chi connectivity index (χ0) is 45.8. The van der Waals surface area contributed by atoms with Crippen molar-refractivity contribution < 1.29 is 57.2 Å². The molecule has 2 amide bonds. The maximum atomic E-state index is 13.4. The van der Waals surface area contributed by atoms with E-state index in [0.29, 0.717) is 37.2 Å². The van der Waals surface area contributed by atoms with E-state index in [1.807, 2.05) is 61.5 Å². The van der Waals surface area contributed by atoms with Crippen molar-refractivity contribution in [3.63, 3.8) is 0 Å². The van der Waals surface area contributed by atoms with Crippen molar-refractivity contribution in [2.75, 3.05) is 40.9 Å². The van der Waals surface area contributed by atoms with Gasteiger partial charge in [0, 0.05) is 46.3 Å². The zero-order valence-electron chi connectivity index (χ0n) is 38.0. The Morgan fingerprint density at radius 2 is 1.39 bits per heavy atom. The Bertz CT molecular complexity index is 1900. The highest BCUT2D eigenvalue weighted by Crippen LogP contribution is 2.42. The van der Waals surface area contributed by atoms with Gasteiger partial charge in [-0.05, 0) is 94.9 Å². The molecule has 61 heavy (non-hydrogen) atoms. The van der Waals surface area contributed by atoms with E-state index in [4.69, 9.17) is 28.4 Å². The van der Waals surface area contributed by atoms with Crippen LogP contribution in [-0.4, -0.2) is 111 Å². The number of likely N-dealkylation sites (N-methyl/N-ethyl adjacent to an activating group) is 1. The summed E-state index contributed by atoms with van der Waals surface area (Å²) in [6, 6.07) is 11.7. The molecule has 0 saturated carbocycles. The Morgan fingerprint density at radius 3 is 1.93 bits per heavy atom. The molecule has 15 heteroatoms. The van der Waals surface area contributed by atoms with Gasteiger partial charge in [-0.2, -0.15) is 0 Å². The lowest BCUT2D eigenvalue weighted by Crippen LogP contribution is -2.59. The van der Waals surface area contributed by atoms with E-state index in [1.54, 1.807) is 33.8 Å². The van der Waals surface area contributed by atoms with E-state index < -0.39 is 65.4 Å². The van der Waals surface area contributed by atoms with E-state index >= 15 is 0 Å². The second kappa shape index (κ2) is 22.0. The number of hydrogen-bond donors (Lipinski definition) is 2. The Labute approximate surface area is 360 Å². The third kappa shape index (κ3) is 15.0. The smallest absolute Gasteiger partial charge is 0.303 e. The van der Waals surface area contributed by atoms with Crippen molar-refractivity contribution in [1.29, 1.82) is 0 Å². The molecule has 2 aromatic rings. The van der Waals surface area contributed by atoms with Crippen LogP contribution in [0, 0.1) is 11.3 Å². The molecule has 0 spiro atoms. The lowest BCUT2D eigenvalue weighted by molar-refractivity contribution is -0.254. The largest absolute Gasteiger partial charge is 0.496 e. The maximum absolute atomic E-state index is 13.4. The highest BCUT2D eigenvalue weighted by molar-refractivity contribution is 5.93. The first kappa shape index (κ1) is 50.1. The predicted molar refractivity (Wildman–Crippen MR) is 228 cm³/mol. The van der Waals surface area contributed by atoms with Gasteiger partial charge < -0.3 is 44.0 Å². The van der Waals surface area contributed by atoms with Gasteiger partial charge in [0.15, 0.2) is 18.3 Å². The number of hydrogen-bond acceptors (Lipinski definition) is 13. The molecular formula is C46H65N3O12.